The van der Waals surface area contributed by atoms with Crippen molar-refractivity contribution in [1.82, 2.24) is 4.90 Å². The van der Waals surface area contributed by atoms with Crippen molar-refractivity contribution >= 4 is 5.91 Å². The van der Waals surface area contributed by atoms with Gasteiger partial charge in [-0.05, 0) is 25.3 Å². The summed E-state index contributed by atoms with van der Waals surface area (Å²) in [4.78, 5) is 13.6. The SMILES string of the molecule is C=CC1=C(C)CN(C2CC2)C1=O. The highest BCUT2D eigenvalue weighted by Gasteiger charge is 2.37. The van der Waals surface area contributed by atoms with Gasteiger partial charge in [0.1, 0.15) is 0 Å². The van der Waals surface area contributed by atoms with Crippen molar-refractivity contribution in [2.24, 2.45) is 0 Å². The second-order valence-electron chi connectivity index (χ2n) is 3.56. The number of hydrogen-bond acceptors (Lipinski definition) is 1. The summed E-state index contributed by atoms with van der Waals surface area (Å²) in [7, 11) is 0. The highest BCUT2D eigenvalue weighted by atomic mass is 16.2. The fraction of sp³-hybridized carbons (Fsp3) is 0.500. The number of rotatable bonds is 2. The summed E-state index contributed by atoms with van der Waals surface area (Å²) >= 11 is 0. The van der Waals surface area contributed by atoms with Crippen LogP contribution in [0.5, 0.6) is 0 Å². The highest BCUT2D eigenvalue weighted by Crippen LogP contribution is 2.32. The maximum absolute atomic E-state index is 11.6. The van der Waals surface area contributed by atoms with E-state index in [0.29, 0.717) is 6.04 Å². The number of amides is 1. The van der Waals surface area contributed by atoms with E-state index in [4.69, 9.17) is 0 Å². The van der Waals surface area contributed by atoms with E-state index in [-0.39, 0.29) is 5.91 Å². The first-order valence-corrected chi connectivity index (χ1v) is 4.37. The Morgan fingerprint density at radius 3 is 2.67 bits per heavy atom. The van der Waals surface area contributed by atoms with Gasteiger partial charge in [0.25, 0.3) is 5.91 Å². The third kappa shape index (κ3) is 0.986. The van der Waals surface area contributed by atoms with Crippen LogP contribution in [-0.4, -0.2) is 23.4 Å². The Labute approximate surface area is 72.6 Å². The lowest BCUT2D eigenvalue weighted by molar-refractivity contribution is -0.125. The molecule has 0 spiro atoms. The molecule has 1 amide bonds. The summed E-state index contributed by atoms with van der Waals surface area (Å²) in [6, 6.07) is 0.532. The van der Waals surface area contributed by atoms with Crippen LogP contribution in [0, 0.1) is 0 Å². The van der Waals surface area contributed by atoms with E-state index >= 15 is 0 Å². The Hall–Kier alpha value is -1.05. The monoisotopic (exact) mass is 163 g/mol. The summed E-state index contributed by atoms with van der Waals surface area (Å²) in [5.41, 5.74) is 1.99. The predicted octanol–water partition coefficient (Wildman–Crippen LogP) is 1.49. The molecule has 0 N–H and O–H groups in total. The van der Waals surface area contributed by atoms with Gasteiger partial charge in [-0.2, -0.15) is 0 Å². The van der Waals surface area contributed by atoms with Crippen molar-refractivity contribution in [3.63, 3.8) is 0 Å². The van der Waals surface area contributed by atoms with Gasteiger partial charge in [-0.15, -0.1) is 0 Å². The Morgan fingerprint density at radius 2 is 2.25 bits per heavy atom. The fourth-order valence-corrected chi connectivity index (χ4v) is 1.69. The van der Waals surface area contributed by atoms with Crippen molar-refractivity contribution in [3.05, 3.63) is 23.8 Å². The molecule has 0 atom stereocenters. The molecule has 2 aliphatic rings. The molecule has 0 saturated heterocycles. The van der Waals surface area contributed by atoms with E-state index in [1.54, 1.807) is 6.08 Å². The van der Waals surface area contributed by atoms with Crippen LogP contribution in [0.1, 0.15) is 19.8 Å². The molecule has 2 nitrogen and oxygen atoms in total. The minimum atomic E-state index is 0.185. The van der Waals surface area contributed by atoms with Gasteiger partial charge in [0.15, 0.2) is 0 Å². The molecular formula is C10H13NO. The van der Waals surface area contributed by atoms with Gasteiger partial charge >= 0.3 is 0 Å². The lowest BCUT2D eigenvalue weighted by atomic mass is 10.2. The first kappa shape index (κ1) is 7.59. The van der Waals surface area contributed by atoms with Crippen molar-refractivity contribution in [3.8, 4) is 0 Å². The smallest absolute Gasteiger partial charge is 0.254 e. The van der Waals surface area contributed by atoms with E-state index in [1.807, 2.05) is 11.8 Å². The van der Waals surface area contributed by atoms with Gasteiger partial charge in [-0.3, -0.25) is 4.79 Å². The topological polar surface area (TPSA) is 20.3 Å². The summed E-state index contributed by atoms with van der Waals surface area (Å²) in [6.07, 6.45) is 4.05. The van der Waals surface area contributed by atoms with E-state index in [2.05, 4.69) is 6.58 Å². The minimum absolute atomic E-state index is 0.185. The summed E-state index contributed by atoms with van der Waals surface area (Å²) < 4.78 is 0. The summed E-state index contributed by atoms with van der Waals surface area (Å²) in [5, 5.41) is 0. The molecule has 0 aromatic heterocycles. The van der Waals surface area contributed by atoms with Crippen LogP contribution in [0.3, 0.4) is 0 Å². The molecule has 0 unspecified atom stereocenters. The van der Waals surface area contributed by atoms with Gasteiger partial charge in [-0.1, -0.05) is 12.7 Å². The van der Waals surface area contributed by atoms with Crippen LogP contribution >= 0.6 is 0 Å². The van der Waals surface area contributed by atoms with Crippen LogP contribution in [0.25, 0.3) is 0 Å². The van der Waals surface area contributed by atoms with E-state index in [9.17, 15) is 4.79 Å². The lowest BCUT2D eigenvalue weighted by Crippen LogP contribution is -2.29. The molecule has 0 aromatic rings. The minimum Gasteiger partial charge on any atom is -0.332 e. The second kappa shape index (κ2) is 2.47. The Bertz CT molecular complexity index is 274. The van der Waals surface area contributed by atoms with Crippen LogP contribution in [0.2, 0.25) is 0 Å². The number of carbonyl (C=O) groups excluding carboxylic acids is 1. The first-order chi connectivity index (χ1) is 5.74. The summed E-state index contributed by atoms with van der Waals surface area (Å²) in [5.74, 6) is 0.185. The van der Waals surface area contributed by atoms with E-state index in [1.165, 1.54) is 18.4 Å². The molecule has 1 fully saturated rings. The zero-order chi connectivity index (χ0) is 8.72. The molecule has 0 radical (unpaired) electrons. The molecular weight excluding hydrogens is 150 g/mol. The maximum atomic E-state index is 11.6. The highest BCUT2D eigenvalue weighted by molar-refractivity contribution is 5.99. The molecule has 2 rings (SSSR count). The molecule has 0 aromatic carbocycles. The molecule has 1 aliphatic carbocycles. The van der Waals surface area contributed by atoms with Crippen molar-refractivity contribution in [2.45, 2.75) is 25.8 Å². The Morgan fingerprint density at radius 1 is 1.58 bits per heavy atom. The van der Waals surface area contributed by atoms with Crippen LogP contribution < -0.4 is 0 Å². The van der Waals surface area contributed by atoms with Crippen molar-refractivity contribution < 1.29 is 4.79 Å². The first-order valence-electron chi connectivity index (χ1n) is 4.37. The lowest BCUT2D eigenvalue weighted by Gasteiger charge is -2.14. The molecule has 12 heavy (non-hydrogen) atoms. The molecule has 64 valence electrons. The zero-order valence-electron chi connectivity index (χ0n) is 7.34. The summed E-state index contributed by atoms with van der Waals surface area (Å²) in [6.45, 7) is 6.49. The van der Waals surface area contributed by atoms with Crippen molar-refractivity contribution in [1.29, 1.82) is 0 Å². The van der Waals surface area contributed by atoms with E-state index < -0.39 is 0 Å². The second-order valence-corrected chi connectivity index (χ2v) is 3.56. The van der Waals surface area contributed by atoms with Crippen molar-refractivity contribution in [2.75, 3.05) is 6.54 Å². The van der Waals surface area contributed by atoms with Gasteiger partial charge < -0.3 is 4.90 Å². The average Bonchev–Trinajstić information content (AvgIpc) is 2.80. The van der Waals surface area contributed by atoms with Gasteiger partial charge in [0.05, 0.1) is 0 Å². The molecule has 2 heteroatoms. The fourth-order valence-electron chi connectivity index (χ4n) is 1.69. The Kier molecular flexibility index (Phi) is 1.56. The standard InChI is InChI=1S/C10H13NO/c1-3-9-7(2)6-11(10(9)12)8-4-5-8/h3,8H,1,4-6H2,2H3. The average molecular weight is 163 g/mol. The predicted molar refractivity (Wildman–Crippen MR) is 47.6 cm³/mol. The van der Waals surface area contributed by atoms with Gasteiger partial charge in [0.2, 0.25) is 0 Å². The zero-order valence-corrected chi connectivity index (χ0v) is 7.34. The quantitative estimate of drug-likeness (QED) is 0.604. The number of nitrogens with zero attached hydrogens (tertiary/aromatic N) is 1. The molecule has 0 bridgehead atoms. The maximum Gasteiger partial charge on any atom is 0.254 e. The Balaban J connectivity index is 2.20. The largest absolute Gasteiger partial charge is 0.332 e. The van der Waals surface area contributed by atoms with Crippen LogP contribution in [0.4, 0.5) is 0 Å². The number of hydrogen-bond donors (Lipinski definition) is 0. The van der Waals surface area contributed by atoms with Crippen LogP contribution in [-0.2, 0) is 4.79 Å². The number of carbonyl (C=O) groups is 1. The normalized spacial score (nSPS) is 23.8. The third-order valence-electron chi connectivity index (χ3n) is 2.55. The molecule has 1 heterocycles. The third-order valence-corrected chi connectivity index (χ3v) is 2.55. The van der Waals surface area contributed by atoms with Crippen LogP contribution in [0.15, 0.2) is 23.8 Å². The van der Waals surface area contributed by atoms with E-state index in [0.717, 1.165) is 12.1 Å². The molecule has 1 aliphatic heterocycles. The molecule has 1 saturated carbocycles. The van der Waals surface area contributed by atoms with Gasteiger partial charge in [-0.25, -0.2) is 0 Å². The van der Waals surface area contributed by atoms with Gasteiger partial charge in [0, 0.05) is 18.2 Å².